The van der Waals surface area contributed by atoms with E-state index in [1.54, 1.807) is 12.0 Å². The van der Waals surface area contributed by atoms with Crippen LogP contribution in [0.4, 0.5) is 0 Å². The SMILES string of the molecule is CC(C)(C)c1ccc(C2CCC3C4CCC5CCCCC5(C)C4CCC23C)cc1.[HH]. The van der Waals surface area contributed by atoms with Crippen LogP contribution in [0.25, 0.3) is 0 Å². The smallest absolute Gasteiger partial charge is 0 e. The molecule has 7 unspecified atom stereocenters. The Kier molecular flexibility index (Phi) is 4.77. The van der Waals surface area contributed by atoms with E-state index in [-0.39, 0.29) is 6.84 Å². The van der Waals surface area contributed by atoms with E-state index in [9.17, 15) is 0 Å². The van der Waals surface area contributed by atoms with Gasteiger partial charge in [-0.25, -0.2) is 0 Å². The van der Waals surface area contributed by atoms with Crippen LogP contribution in [-0.4, -0.2) is 0 Å². The Balaban J connectivity index is 0.00000218. The Labute approximate surface area is 181 Å². The number of fused-ring (bicyclic) bond motifs is 5. The molecule has 4 saturated carbocycles. The van der Waals surface area contributed by atoms with Crippen molar-refractivity contribution in [3.63, 3.8) is 0 Å². The molecule has 0 saturated heterocycles. The van der Waals surface area contributed by atoms with Crippen LogP contribution in [-0.2, 0) is 5.41 Å². The number of hydrogen-bond acceptors (Lipinski definition) is 0. The lowest BCUT2D eigenvalue weighted by molar-refractivity contribution is -0.105. The van der Waals surface area contributed by atoms with E-state index >= 15 is 0 Å². The van der Waals surface area contributed by atoms with Crippen LogP contribution < -0.4 is 0 Å². The Morgan fingerprint density at radius 2 is 1.48 bits per heavy atom. The van der Waals surface area contributed by atoms with Crippen molar-refractivity contribution in [1.82, 2.24) is 0 Å². The zero-order chi connectivity index (χ0) is 20.4. The van der Waals surface area contributed by atoms with E-state index in [0.717, 1.165) is 29.6 Å². The van der Waals surface area contributed by atoms with Crippen molar-refractivity contribution < 1.29 is 1.43 Å². The van der Waals surface area contributed by atoms with Gasteiger partial charge in [-0.05, 0) is 108 Å². The molecule has 1 aromatic rings. The van der Waals surface area contributed by atoms with Crippen LogP contribution in [0.5, 0.6) is 0 Å². The number of hydrogen-bond donors (Lipinski definition) is 0. The Morgan fingerprint density at radius 1 is 0.759 bits per heavy atom. The van der Waals surface area contributed by atoms with Crippen molar-refractivity contribution in [1.29, 1.82) is 0 Å². The van der Waals surface area contributed by atoms with Crippen molar-refractivity contribution in [3.8, 4) is 0 Å². The molecule has 0 heteroatoms. The first-order chi connectivity index (χ1) is 13.7. The summed E-state index contributed by atoms with van der Waals surface area (Å²) in [6.45, 7) is 12.4. The summed E-state index contributed by atoms with van der Waals surface area (Å²) in [6.07, 6.45) is 15.1. The Hall–Kier alpha value is -0.780. The monoisotopic (exact) mass is 394 g/mol. The maximum absolute atomic E-state index is 2.72. The van der Waals surface area contributed by atoms with Gasteiger partial charge in [-0.1, -0.05) is 71.7 Å². The second-order valence-corrected chi connectivity index (χ2v) is 12.9. The Bertz CT molecular complexity index is 743. The van der Waals surface area contributed by atoms with Gasteiger partial charge >= 0.3 is 0 Å². The average molecular weight is 395 g/mol. The first kappa shape index (κ1) is 20.1. The van der Waals surface area contributed by atoms with Crippen molar-refractivity contribution in [2.45, 2.75) is 110 Å². The largest absolute Gasteiger partial charge is 0.0591 e. The minimum Gasteiger partial charge on any atom is -0.0591 e. The van der Waals surface area contributed by atoms with Crippen LogP contribution in [0, 0.1) is 34.5 Å². The van der Waals surface area contributed by atoms with Crippen molar-refractivity contribution in [3.05, 3.63) is 35.4 Å². The molecule has 0 aliphatic heterocycles. The van der Waals surface area contributed by atoms with Gasteiger partial charge in [0, 0.05) is 1.43 Å². The van der Waals surface area contributed by atoms with Gasteiger partial charge in [0.25, 0.3) is 0 Å². The van der Waals surface area contributed by atoms with E-state index < -0.39 is 0 Å². The molecule has 0 amide bonds. The molecule has 0 nitrogen and oxygen atoms in total. The second kappa shape index (κ2) is 6.86. The lowest BCUT2D eigenvalue weighted by Gasteiger charge is -2.60. The highest BCUT2D eigenvalue weighted by molar-refractivity contribution is 5.32. The fourth-order valence-corrected chi connectivity index (χ4v) is 9.06. The molecule has 0 bridgehead atoms. The fourth-order valence-electron chi connectivity index (χ4n) is 9.06. The lowest BCUT2D eigenvalue weighted by Crippen LogP contribution is -2.52. The van der Waals surface area contributed by atoms with E-state index in [1.807, 2.05) is 0 Å². The highest BCUT2D eigenvalue weighted by atomic mass is 14.6. The fraction of sp³-hybridized carbons (Fsp3) is 0.793. The molecule has 4 aliphatic carbocycles. The minimum absolute atomic E-state index is 0. The van der Waals surface area contributed by atoms with Gasteiger partial charge in [0.15, 0.2) is 0 Å². The van der Waals surface area contributed by atoms with Crippen LogP contribution in [0.2, 0.25) is 0 Å². The molecule has 0 spiro atoms. The highest BCUT2D eigenvalue weighted by Crippen LogP contribution is 2.69. The molecule has 29 heavy (non-hydrogen) atoms. The van der Waals surface area contributed by atoms with Gasteiger partial charge in [0.05, 0.1) is 0 Å². The van der Waals surface area contributed by atoms with Gasteiger partial charge in [-0.2, -0.15) is 0 Å². The first-order valence-electron chi connectivity index (χ1n) is 12.8. The van der Waals surface area contributed by atoms with E-state index in [4.69, 9.17) is 0 Å². The van der Waals surface area contributed by atoms with Gasteiger partial charge in [0.1, 0.15) is 0 Å². The molecule has 0 N–H and O–H groups in total. The number of rotatable bonds is 1. The van der Waals surface area contributed by atoms with Crippen molar-refractivity contribution in [2.24, 2.45) is 34.5 Å². The molecule has 5 rings (SSSR count). The van der Waals surface area contributed by atoms with Crippen LogP contribution in [0.1, 0.15) is 117 Å². The number of benzene rings is 1. The predicted molar refractivity (Wildman–Crippen MR) is 126 cm³/mol. The minimum atomic E-state index is 0. The standard InChI is InChI=1S/C29H44.H2/c1-27(2,3)21-11-9-20(10-12-21)24-15-16-25-23-14-13-22-8-6-7-18-28(22,4)26(23)17-19-29(24,25)5;/h9-12,22-26H,6-8,13-19H2,1-5H3;1H. The van der Waals surface area contributed by atoms with Gasteiger partial charge in [-0.15, -0.1) is 0 Å². The molecular weight excluding hydrogens is 348 g/mol. The zero-order valence-electron chi connectivity index (χ0n) is 19.8. The molecule has 4 fully saturated rings. The molecule has 0 aromatic heterocycles. The summed E-state index contributed by atoms with van der Waals surface area (Å²) in [4.78, 5) is 0. The highest BCUT2D eigenvalue weighted by Gasteiger charge is 2.59. The Morgan fingerprint density at radius 3 is 2.21 bits per heavy atom. The molecule has 162 valence electrons. The summed E-state index contributed by atoms with van der Waals surface area (Å²) >= 11 is 0. The third-order valence-electron chi connectivity index (χ3n) is 10.8. The van der Waals surface area contributed by atoms with Gasteiger partial charge in [-0.3, -0.25) is 0 Å². The second-order valence-electron chi connectivity index (χ2n) is 12.9. The van der Waals surface area contributed by atoms with E-state index in [0.29, 0.717) is 10.8 Å². The summed E-state index contributed by atoms with van der Waals surface area (Å²) in [5.41, 5.74) is 4.59. The maximum Gasteiger partial charge on any atom is 0 e. The zero-order valence-corrected chi connectivity index (χ0v) is 19.8. The van der Waals surface area contributed by atoms with Crippen LogP contribution >= 0.6 is 0 Å². The van der Waals surface area contributed by atoms with Crippen LogP contribution in [0.15, 0.2) is 24.3 Å². The third-order valence-corrected chi connectivity index (χ3v) is 10.8. The summed E-state index contributed by atoms with van der Waals surface area (Å²) in [6, 6.07) is 9.83. The molecular formula is C29H46. The summed E-state index contributed by atoms with van der Waals surface area (Å²) in [5, 5.41) is 0. The van der Waals surface area contributed by atoms with Crippen molar-refractivity contribution >= 4 is 0 Å². The van der Waals surface area contributed by atoms with Crippen molar-refractivity contribution in [2.75, 3.05) is 0 Å². The maximum atomic E-state index is 2.72. The molecule has 7 atom stereocenters. The van der Waals surface area contributed by atoms with Crippen LogP contribution in [0.3, 0.4) is 0 Å². The predicted octanol–water partition coefficient (Wildman–Crippen LogP) is 8.75. The molecule has 4 aliphatic rings. The molecule has 0 heterocycles. The molecule has 0 radical (unpaired) electrons. The lowest BCUT2D eigenvalue weighted by atomic mass is 9.44. The third kappa shape index (κ3) is 3.06. The van der Waals surface area contributed by atoms with E-state index in [1.165, 1.54) is 63.4 Å². The molecule has 1 aromatic carbocycles. The first-order valence-corrected chi connectivity index (χ1v) is 12.8. The summed E-state index contributed by atoms with van der Waals surface area (Å²) in [7, 11) is 0. The normalized spacial score (nSPS) is 44.7. The summed E-state index contributed by atoms with van der Waals surface area (Å²) in [5.74, 6) is 4.87. The summed E-state index contributed by atoms with van der Waals surface area (Å²) < 4.78 is 0. The van der Waals surface area contributed by atoms with Gasteiger partial charge < -0.3 is 0 Å². The van der Waals surface area contributed by atoms with Gasteiger partial charge in [0.2, 0.25) is 0 Å². The quantitative estimate of drug-likeness (QED) is 0.446. The van der Waals surface area contributed by atoms with E-state index in [2.05, 4.69) is 58.9 Å². The average Bonchev–Trinajstić information content (AvgIpc) is 3.04. The topological polar surface area (TPSA) is 0 Å².